The quantitative estimate of drug-likeness (QED) is 0.529. The van der Waals surface area contributed by atoms with Gasteiger partial charge in [0.25, 0.3) is 0 Å². The van der Waals surface area contributed by atoms with Crippen LogP contribution >= 0.6 is 0 Å². The first-order valence-electron chi connectivity index (χ1n) is 6.61. The summed E-state index contributed by atoms with van der Waals surface area (Å²) in [6.07, 6.45) is 11.3. The third kappa shape index (κ3) is 3.81. The summed E-state index contributed by atoms with van der Waals surface area (Å²) >= 11 is 0. The van der Waals surface area contributed by atoms with Gasteiger partial charge in [0.1, 0.15) is 0 Å². The number of nitrogens with one attached hydrogen (secondary N) is 1. The number of rotatable bonds is 7. The molecule has 1 fully saturated rings. The van der Waals surface area contributed by atoms with E-state index < -0.39 is 0 Å². The monoisotopic (exact) mass is 223 g/mol. The molecule has 92 valence electrons. The fourth-order valence-electron chi connectivity index (χ4n) is 2.70. The second-order valence-electron chi connectivity index (χ2n) is 4.53. The lowest BCUT2D eigenvalue weighted by Gasteiger charge is -2.27. The second kappa shape index (κ2) is 7.70. The first-order chi connectivity index (χ1) is 7.83. The second-order valence-corrected chi connectivity index (χ2v) is 4.53. The van der Waals surface area contributed by atoms with E-state index in [4.69, 9.17) is 11.2 Å². The van der Waals surface area contributed by atoms with Crippen molar-refractivity contribution in [1.29, 1.82) is 0 Å². The zero-order valence-electron chi connectivity index (χ0n) is 10.7. The molecule has 16 heavy (non-hydrogen) atoms. The standard InChI is InChI=1S/C14H25NO/c1-4-7-8-9-13(15-6-3)12-10-11-16-14(12)5-2/h1,12-15H,5-11H2,2-3H3. The highest BCUT2D eigenvalue weighted by molar-refractivity contribution is 4.88. The van der Waals surface area contributed by atoms with Crippen LogP contribution in [0.2, 0.25) is 0 Å². The molecule has 0 spiro atoms. The molecular weight excluding hydrogens is 198 g/mol. The first-order valence-corrected chi connectivity index (χ1v) is 6.61. The van der Waals surface area contributed by atoms with Crippen LogP contribution in [0.15, 0.2) is 0 Å². The van der Waals surface area contributed by atoms with E-state index in [0.717, 1.165) is 32.4 Å². The molecule has 1 N–H and O–H groups in total. The minimum atomic E-state index is 0.454. The molecule has 0 aromatic heterocycles. The fourth-order valence-corrected chi connectivity index (χ4v) is 2.70. The molecule has 0 radical (unpaired) electrons. The van der Waals surface area contributed by atoms with Gasteiger partial charge < -0.3 is 10.1 Å². The van der Waals surface area contributed by atoms with Gasteiger partial charge in [0.05, 0.1) is 6.10 Å². The zero-order valence-corrected chi connectivity index (χ0v) is 10.7. The molecule has 1 aliphatic rings. The predicted octanol–water partition coefficient (Wildman–Crippen LogP) is 2.58. The van der Waals surface area contributed by atoms with Crippen LogP contribution in [-0.4, -0.2) is 25.3 Å². The van der Waals surface area contributed by atoms with Crippen molar-refractivity contribution >= 4 is 0 Å². The molecule has 1 rings (SSSR count). The van der Waals surface area contributed by atoms with E-state index in [9.17, 15) is 0 Å². The first kappa shape index (κ1) is 13.5. The van der Waals surface area contributed by atoms with Crippen LogP contribution in [0.25, 0.3) is 0 Å². The minimum Gasteiger partial charge on any atom is -0.378 e. The Bertz CT molecular complexity index is 221. The van der Waals surface area contributed by atoms with E-state index >= 15 is 0 Å². The van der Waals surface area contributed by atoms with Gasteiger partial charge in [0, 0.05) is 25.0 Å². The molecule has 1 heterocycles. The molecule has 1 saturated heterocycles. The molecule has 3 unspecified atom stereocenters. The average molecular weight is 223 g/mol. The Balaban J connectivity index is 2.44. The van der Waals surface area contributed by atoms with E-state index in [1.165, 1.54) is 12.8 Å². The van der Waals surface area contributed by atoms with Crippen LogP contribution in [0.5, 0.6) is 0 Å². The van der Waals surface area contributed by atoms with Crippen molar-refractivity contribution in [3.63, 3.8) is 0 Å². The highest BCUT2D eigenvalue weighted by Gasteiger charge is 2.32. The third-order valence-electron chi connectivity index (χ3n) is 3.48. The maximum Gasteiger partial charge on any atom is 0.0616 e. The molecule has 0 aromatic rings. The number of hydrogen-bond acceptors (Lipinski definition) is 2. The number of ether oxygens (including phenoxy) is 1. The maximum absolute atomic E-state index is 5.77. The summed E-state index contributed by atoms with van der Waals surface area (Å²) in [5, 5.41) is 3.60. The Labute approximate surface area is 100 Å². The van der Waals surface area contributed by atoms with Gasteiger partial charge in [-0.05, 0) is 32.2 Å². The van der Waals surface area contributed by atoms with Crippen LogP contribution < -0.4 is 5.32 Å². The number of terminal acetylenes is 1. The Morgan fingerprint density at radius 1 is 1.50 bits per heavy atom. The van der Waals surface area contributed by atoms with Crippen molar-refractivity contribution in [2.75, 3.05) is 13.2 Å². The Kier molecular flexibility index (Phi) is 6.52. The van der Waals surface area contributed by atoms with E-state index in [1.807, 2.05) is 0 Å². The smallest absolute Gasteiger partial charge is 0.0616 e. The fraction of sp³-hybridized carbons (Fsp3) is 0.857. The van der Waals surface area contributed by atoms with Crippen LogP contribution in [-0.2, 0) is 4.74 Å². The summed E-state index contributed by atoms with van der Waals surface area (Å²) in [6.45, 7) is 6.35. The normalized spacial score (nSPS) is 26.6. The summed E-state index contributed by atoms with van der Waals surface area (Å²) in [4.78, 5) is 0. The largest absolute Gasteiger partial charge is 0.378 e. The highest BCUT2D eigenvalue weighted by atomic mass is 16.5. The summed E-state index contributed by atoms with van der Waals surface area (Å²) in [7, 11) is 0. The highest BCUT2D eigenvalue weighted by Crippen LogP contribution is 2.28. The molecule has 1 aliphatic heterocycles. The molecule has 2 nitrogen and oxygen atoms in total. The molecule has 0 aromatic carbocycles. The topological polar surface area (TPSA) is 21.3 Å². The van der Waals surface area contributed by atoms with Crippen LogP contribution in [0.4, 0.5) is 0 Å². The van der Waals surface area contributed by atoms with E-state index in [0.29, 0.717) is 18.1 Å². The summed E-state index contributed by atoms with van der Waals surface area (Å²) in [5.41, 5.74) is 0. The van der Waals surface area contributed by atoms with Crippen molar-refractivity contribution in [2.45, 2.75) is 58.1 Å². The van der Waals surface area contributed by atoms with Gasteiger partial charge >= 0.3 is 0 Å². The van der Waals surface area contributed by atoms with Gasteiger partial charge in [-0.25, -0.2) is 0 Å². The molecule has 2 heteroatoms. The van der Waals surface area contributed by atoms with Gasteiger partial charge in [-0.15, -0.1) is 12.3 Å². The molecule has 0 bridgehead atoms. The number of hydrogen-bond donors (Lipinski definition) is 1. The van der Waals surface area contributed by atoms with E-state index in [-0.39, 0.29) is 0 Å². The summed E-state index contributed by atoms with van der Waals surface area (Å²) < 4.78 is 5.77. The van der Waals surface area contributed by atoms with Gasteiger partial charge in [-0.1, -0.05) is 13.8 Å². The lowest BCUT2D eigenvalue weighted by Crippen LogP contribution is -2.39. The van der Waals surface area contributed by atoms with Crippen molar-refractivity contribution in [1.82, 2.24) is 5.32 Å². The predicted molar refractivity (Wildman–Crippen MR) is 68.3 cm³/mol. The lowest BCUT2D eigenvalue weighted by atomic mass is 9.88. The van der Waals surface area contributed by atoms with E-state index in [1.54, 1.807) is 0 Å². The van der Waals surface area contributed by atoms with Crippen LogP contribution in [0, 0.1) is 18.3 Å². The van der Waals surface area contributed by atoms with Crippen LogP contribution in [0.3, 0.4) is 0 Å². The van der Waals surface area contributed by atoms with Gasteiger partial charge in [0.2, 0.25) is 0 Å². The van der Waals surface area contributed by atoms with E-state index in [2.05, 4.69) is 25.1 Å². The summed E-state index contributed by atoms with van der Waals surface area (Å²) in [6, 6.07) is 0.589. The van der Waals surface area contributed by atoms with Crippen molar-refractivity contribution in [2.24, 2.45) is 5.92 Å². The van der Waals surface area contributed by atoms with Gasteiger partial charge in [0.15, 0.2) is 0 Å². The Hall–Kier alpha value is -0.520. The van der Waals surface area contributed by atoms with Gasteiger partial charge in [-0.3, -0.25) is 0 Å². The molecule has 3 atom stereocenters. The van der Waals surface area contributed by atoms with Crippen LogP contribution in [0.1, 0.15) is 46.0 Å². The summed E-state index contributed by atoms with van der Waals surface area (Å²) in [5.74, 6) is 3.40. The van der Waals surface area contributed by atoms with Gasteiger partial charge in [-0.2, -0.15) is 0 Å². The third-order valence-corrected chi connectivity index (χ3v) is 3.48. The maximum atomic E-state index is 5.77. The molecule has 0 aliphatic carbocycles. The van der Waals surface area contributed by atoms with Crippen molar-refractivity contribution in [3.05, 3.63) is 0 Å². The average Bonchev–Trinajstić information content (AvgIpc) is 2.76. The Morgan fingerprint density at radius 2 is 2.31 bits per heavy atom. The molecular formula is C14H25NO. The number of unbranched alkanes of at least 4 members (excludes halogenated alkanes) is 1. The SMILES string of the molecule is C#CCCCC(NCC)C1CCOC1CC. The minimum absolute atomic E-state index is 0.454. The van der Waals surface area contributed by atoms with Crippen molar-refractivity contribution in [3.8, 4) is 12.3 Å². The molecule has 0 amide bonds. The van der Waals surface area contributed by atoms with Crippen molar-refractivity contribution < 1.29 is 4.74 Å². The zero-order chi connectivity index (χ0) is 11.8. The Morgan fingerprint density at radius 3 is 2.94 bits per heavy atom. The lowest BCUT2D eigenvalue weighted by molar-refractivity contribution is 0.0764. The molecule has 0 saturated carbocycles.